The zero-order chi connectivity index (χ0) is 17.0. The highest BCUT2D eigenvalue weighted by Gasteiger charge is 2.37. The smallest absolute Gasteiger partial charge is 0.240 e. The van der Waals surface area contributed by atoms with Gasteiger partial charge in [0.25, 0.3) is 0 Å². The van der Waals surface area contributed by atoms with Gasteiger partial charge in [-0.2, -0.15) is 0 Å². The number of benzene rings is 1. The molecular formula is C19H23N3O2. The van der Waals surface area contributed by atoms with Gasteiger partial charge >= 0.3 is 0 Å². The minimum absolute atomic E-state index is 0.0799. The van der Waals surface area contributed by atoms with E-state index in [0.717, 1.165) is 30.1 Å². The van der Waals surface area contributed by atoms with Gasteiger partial charge in [-0.05, 0) is 43.7 Å². The third-order valence-corrected chi connectivity index (χ3v) is 4.40. The number of nitrogens with one attached hydrogen (secondary N) is 1. The number of amides is 1. The van der Waals surface area contributed by atoms with Crippen LogP contribution in [-0.4, -0.2) is 34.4 Å². The van der Waals surface area contributed by atoms with E-state index in [0.29, 0.717) is 13.2 Å². The Kier molecular flexibility index (Phi) is 4.81. The van der Waals surface area contributed by atoms with Gasteiger partial charge in [0.1, 0.15) is 12.4 Å². The van der Waals surface area contributed by atoms with Crippen LogP contribution in [0.1, 0.15) is 25.1 Å². The maximum absolute atomic E-state index is 12.1. The molecule has 0 bridgehead atoms. The first-order valence-electron chi connectivity index (χ1n) is 8.21. The van der Waals surface area contributed by atoms with Crippen LogP contribution in [0.25, 0.3) is 0 Å². The van der Waals surface area contributed by atoms with E-state index < -0.39 is 5.54 Å². The molecule has 1 aliphatic rings. The maximum Gasteiger partial charge on any atom is 0.240 e. The Morgan fingerprint density at radius 1 is 1.25 bits per heavy atom. The molecule has 1 amide bonds. The SMILES string of the molecule is CC1(C)C(=O)NCCN1Cc1cccc(OCc2ccccn2)c1. The molecule has 3 rings (SSSR count). The van der Waals surface area contributed by atoms with Crippen molar-refractivity contribution in [3.05, 3.63) is 59.9 Å². The predicted octanol–water partition coefficient (Wildman–Crippen LogP) is 2.37. The van der Waals surface area contributed by atoms with E-state index in [1.54, 1.807) is 6.20 Å². The molecule has 2 aromatic rings. The number of carbonyl (C=O) groups is 1. The van der Waals surface area contributed by atoms with Crippen molar-refractivity contribution in [2.75, 3.05) is 13.1 Å². The Labute approximate surface area is 142 Å². The lowest BCUT2D eigenvalue weighted by atomic mass is 9.98. The van der Waals surface area contributed by atoms with E-state index in [4.69, 9.17) is 4.74 Å². The molecule has 1 aliphatic heterocycles. The lowest BCUT2D eigenvalue weighted by Crippen LogP contribution is -2.61. The highest BCUT2D eigenvalue weighted by molar-refractivity contribution is 5.86. The summed E-state index contributed by atoms with van der Waals surface area (Å²) in [6, 6.07) is 13.8. The number of piperazine rings is 1. The Balaban J connectivity index is 1.66. The number of hydrogen-bond donors (Lipinski definition) is 1. The van der Waals surface area contributed by atoms with Gasteiger partial charge in [-0.15, -0.1) is 0 Å². The summed E-state index contributed by atoms with van der Waals surface area (Å²) in [4.78, 5) is 18.5. The van der Waals surface area contributed by atoms with Gasteiger partial charge < -0.3 is 10.1 Å². The molecule has 1 fully saturated rings. The highest BCUT2D eigenvalue weighted by Crippen LogP contribution is 2.22. The first kappa shape index (κ1) is 16.5. The Morgan fingerprint density at radius 3 is 2.92 bits per heavy atom. The number of aromatic nitrogens is 1. The van der Waals surface area contributed by atoms with E-state index in [-0.39, 0.29) is 5.91 Å². The summed E-state index contributed by atoms with van der Waals surface area (Å²) >= 11 is 0. The fraction of sp³-hybridized carbons (Fsp3) is 0.368. The Morgan fingerprint density at radius 2 is 2.12 bits per heavy atom. The third-order valence-electron chi connectivity index (χ3n) is 4.40. The summed E-state index contributed by atoms with van der Waals surface area (Å²) in [5, 5.41) is 2.93. The number of carbonyl (C=O) groups excluding carboxylic acids is 1. The number of pyridine rings is 1. The van der Waals surface area contributed by atoms with Gasteiger partial charge in [-0.25, -0.2) is 0 Å². The van der Waals surface area contributed by atoms with Crippen LogP contribution in [-0.2, 0) is 17.9 Å². The molecule has 2 heterocycles. The molecule has 0 saturated carbocycles. The van der Waals surface area contributed by atoms with Gasteiger partial charge in [-0.3, -0.25) is 14.7 Å². The van der Waals surface area contributed by atoms with E-state index in [1.165, 1.54) is 0 Å². The molecule has 0 unspecified atom stereocenters. The predicted molar refractivity (Wildman–Crippen MR) is 92.5 cm³/mol. The number of ether oxygens (including phenoxy) is 1. The minimum atomic E-state index is -0.497. The van der Waals surface area contributed by atoms with Crippen molar-refractivity contribution in [1.82, 2.24) is 15.2 Å². The molecule has 24 heavy (non-hydrogen) atoms. The number of nitrogens with zero attached hydrogens (tertiary/aromatic N) is 2. The molecule has 1 aromatic heterocycles. The molecule has 0 spiro atoms. The van der Waals surface area contributed by atoms with Gasteiger partial charge in [0.2, 0.25) is 5.91 Å². The molecule has 0 aliphatic carbocycles. The van der Waals surface area contributed by atoms with E-state index in [2.05, 4.69) is 21.3 Å². The van der Waals surface area contributed by atoms with Crippen LogP contribution in [0.4, 0.5) is 0 Å². The summed E-state index contributed by atoms with van der Waals surface area (Å²) < 4.78 is 5.83. The quantitative estimate of drug-likeness (QED) is 0.917. The molecule has 1 saturated heterocycles. The second-order valence-electron chi connectivity index (χ2n) is 6.49. The normalized spacial score (nSPS) is 17.3. The molecule has 5 heteroatoms. The fourth-order valence-electron chi connectivity index (χ4n) is 2.82. The summed E-state index contributed by atoms with van der Waals surface area (Å²) in [6.45, 7) is 6.63. The van der Waals surface area contributed by atoms with Crippen LogP contribution in [0.2, 0.25) is 0 Å². The molecule has 1 aromatic carbocycles. The van der Waals surface area contributed by atoms with Crippen molar-refractivity contribution in [3.63, 3.8) is 0 Å². The van der Waals surface area contributed by atoms with Gasteiger partial charge in [0.15, 0.2) is 0 Å². The van der Waals surface area contributed by atoms with Crippen LogP contribution in [0.5, 0.6) is 5.75 Å². The Hall–Kier alpha value is -2.40. The van der Waals surface area contributed by atoms with E-state index in [1.807, 2.05) is 50.2 Å². The Bertz CT molecular complexity index is 701. The van der Waals surface area contributed by atoms with E-state index >= 15 is 0 Å². The van der Waals surface area contributed by atoms with Crippen LogP contribution in [0.15, 0.2) is 48.7 Å². The zero-order valence-corrected chi connectivity index (χ0v) is 14.2. The standard InChI is InChI=1S/C19H23N3O2/c1-19(2)18(23)21-10-11-22(19)13-15-6-5-8-17(12-15)24-14-16-7-3-4-9-20-16/h3-9,12H,10-11,13-14H2,1-2H3,(H,21,23). The van der Waals surface area contributed by atoms with Crippen LogP contribution in [0.3, 0.4) is 0 Å². The number of rotatable bonds is 5. The summed E-state index contributed by atoms with van der Waals surface area (Å²) in [5.41, 5.74) is 1.54. The van der Waals surface area contributed by atoms with Gasteiger partial charge in [0, 0.05) is 25.8 Å². The molecule has 5 nitrogen and oxygen atoms in total. The van der Waals surface area contributed by atoms with Crippen molar-refractivity contribution >= 4 is 5.91 Å². The first-order chi connectivity index (χ1) is 11.6. The van der Waals surface area contributed by atoms with Crippen LogP contribution >= 0.6 is 0 Å². The van der Waals surface area contributed by atoms with E-state index in [9.17, 15) is 4.79 Å². The van der Waals surface area contributed by atoms with Gasteiger partial charge in [0.05, 0.1) is 11.2 Å². The topological polar surface area (TPSA) is 54.5 Å². The summed E-state index contributed by atoms with van der Waals surface area (Å²) in [7, 11) is 0. The van der Waals surface area contributed by atoms with Gasteiger partial charge in [-0.1, -0.05) is 18.2 Å². The number of hydrogen-bond acceptors (Lipinski definition) is 4. The molecule has 1 N–H and O–H groups in total. The van der Waals surface area contributed by atoms with Crippen molar-refractivity contribution in [2.45, 2.75) is 32.5 Å². The molecule has 0 radical (unpaired) electrons. The molecule has 126 valence electrons. The van der Waals surface area contributed by atoms with Crippen molar-refractivity contribution in [2.24, 2.45) is 0 Å². The highest BCUT2D eigenvalue weighted by atomic mass is 16.5. The lowest BCUT2D eigenvalue weighted by Gasteiger charge is -2.41. The fourth-order valence-corrected chi connectivity index (χ4v) is 2.82. The average molecular weight is 325 g/mol. The van der Waals surface area contributed by atoms with Crippen LogP contribution < -0.4 is 10.1 Å². The largest absolute Gasteiger partial charge is 0.487 e. The summed E-state index contributed by atoms with van der Waals surface area (Å²) in [5.74, 6) is 0.897. The first-order valence-corrected chi connectivity index (χ1v) is 8.21. The average Bonchev–Trinajstić information content (AvgIpc) is 2.59. The lowest BCUT2D eigenvalue weighted by molar-refractivity contribution is -0.135. The molecule has 0 atom stereocenters. The second-order valence-corrected chi connectivity index (χ2v) is 6.49. The van der Waals surface area contributed by atoms with Crippen molar-refractivity contribution in [1.29, 1.82) is 0 Å². The van der Waals surface area contributed by atoms with Crippen molar-refractivity contribution in [3.8, 4) is 5.75 Å². The molecular weight excluding hydrogens is 302 g/mol. The van der Waals surface area contributed by atoms with Crippen molar-refractivity contribution < 1.29 is 9.53 Å². The minimum Gasteiger partial charge on any atom is -0.487 e. The third kappa shape index (κ3) is 3.74. The second kappa shape index (κ2) is 7.01. The van der Waals surface area contributed by atoms with Crippen LogP contribution in [0, 0.1) is 0 Å². The maximum atomic E-state index is 12.1. The zero-order valence-electron chi connectivity index (χ0n) is 14.2. The summed E-state index contributed by atoms with van der Waals surface area (Å²) in [6.07, 6.45) is 1.76. The monoisotopic (exact) mass is 325 g/mol.